The Balaban J connectivity index is 1.56. The molecule has 138 valence electrons. The first-order chi connectivity index (χ1) is 12.0. The van der Waals surface area contributed by atoms with Gasteiger partial charge in [-0.15, -0.1) is 0 Å². The minimum absolute atomic E-state index is 0.0267. The Hall–Kier alpha value is -1.51. The number of phenols is 1. The fraction of sp³-hybridized carbons (Fsp3) is 0.682. The number of nitrogens with zero attached hydrogens (tertiary/aromatic N) is 1. The molecular weight excluding hydrogens is 310 g/mol. The van der Waals surface area contributed by atoms with Crippen LogP contribution in [0.15, 0.2) is 24.3 Å². The summed E-state index contributed by atoms with van der Waals surface area (Å²) in [7, 11) is 0. The number of carbonyl (C=O) groups excluding carboxylic acids is 1. The van der Waals surface area contributed by atoms with Crippen LogP contribution in [-0.4, -0.2) is 29.0 Å². The van der Waals surface area contributed by atoms with Crippen molar-refractivity contribution < 1.29 is 9.90 Å². The van der Waals surface area contributed by atoms with Crippen molar-refractivity contribution in [1.82, 2.24) is 4.90 Å². The number of amides is 1. The Kier molecular flexibility index (Phi) is 5.71. The lowest BCUT2D eigenvalue weighted by atomic mass is 9.68. The van der Waals surface area contributed by atoms with Gasteiger partial charge in [-0.1, -0.05) is 58.1 Å². The van der Waals surface area contributed by atoms with Gasteiger partial charge < -0.3 is 10.0 Å². The topological polar surface area (TPSA) is 40.5 Å². The molecule has 1 heterocycles. The van der Waals surface area contributed by atoms with Crippen LogP contribution >= 0.6 is 0 Å². The Morgan fingerprint density at radius 1 is 1.28 bits per heavy atom. The lowest BCUT2D eigenvalue weighted by Crippen LogP contribution is -2.49. The lowest BCUT2D eigenvalue weighted by Gasteiger charge is -2.45. The van der Waals surface area contributed by atoms with Crippen molar-refractivity contribution in [2.75, 3.05) is 13.1 Å². The lowest BCUT2D eigenvalue weighted by molar-refractivity contribution is -0.134. The van der Waals surface area contributed by atoms with E-state index in [1.54, 1.807) is 6.07 Å². The molecule has 0 bridgehead atoms. The van der Waals surface area contributed by atoms with Gasteiger partial charge in [0.05, 0.1) is 0 Å². The minimum atomic E-state index is 0.0267. The summed E-state index contributed by atoms with van der Waals surface area (Å²) in [5, 5.41) is 9.81. The highest BCUT2D eigenvalue weighted by molar-refractivity contribution is 5.76. The molecule has 2 atom stereocenters. The van der Waals surface area contributed by atoms with Crippen LogP contribution in [-0.2, 0) is 10.2 Å². The maximum atomic E-state index is 12.7. The van der Waals surface area contributed by atoms with E-state index in [0.717, 1.165) is 38.3 Å². The number of hydrogen-bond acceptors (Lipinski definition) is 2. The Morgan fingerprint density at radius 2 is 2.04 bits per heavy atom. The molecule has 1 aliphatic heterocycles. The molecule has 0 aromatic heterocycles. The Morgan fingerprint density at radius 3 is 2.72 bits per heavy atom. The van der Waals surface area contributed by atoms with E-state index < -0.39 is 0 Å². The molecule has 1 aliphatic carbocycles. The molecule has 1 aromatic carbocycles. The number of likely N-dealkylation sites (tertiary alicyclic amines) is 1. The van der Waals surface area contributed by atoms with Gasteiger partial charge in [0.1, 0.15) is 5.75 Å². The summed E-state index contributed by atoms with van der Waals surface area (Å²) in [5.74, 6) is 1.84. The highest BCUT2D eigenvalue weighted by Crippen LogP contribution is 2.40. The summed E-state index contributed by atoms with van der Waals surface area (Å²) in [6.07, 6.45) is 9.48. The molecule has 0 radical (unpaired) electrons. The first-order valence-corrected chi connectivity index (χ1v) is 10.1. The van der Waals surface area contributed by atoms with E-state index in [2.05, 4.69) is 24.8 Å². The van der Waals surface area contributed by atoms with E-state index in [1.165, 1.54) is 37.7 Å². The monoisotopic (exact) mass is 343 g/mol. The number of phenolic OH excluding ortho intramolecular Hbond substituents is 1. The molecule has 2 aliphatic rings. The van der Waals surface area contributed by atoms with E-state index in [1.807, 2.05) is 12.1 Å². The van der Waals surface area contributed by atoms with Crippen LogP contribution in [0.3, 0.4) is 0 Å². The fourth-order valence-corrected chi connectivity index (χ4v) is 4.72. The van der Waals surface area contributed by atoms with Crippen molar-refractivity contribution in [2.45, 2.75) is 70.6 Å². The molecule has 3 nitrogen and oxygen atoms in total. The second-order valence-electron chi connectivity index (χ2n) is 8.50. The highest BCUT2D eigenvalue weighted by atomic mass is 16.3. The summed E-state index contributed by atoms with van der Waals surface area (Å²) >= 11 is 0. The van der Waals surface area contributed by atoms with E-state index in [4.69, 9.17) is 0 Å². The van der Waals surface area contributed by atoms with E-state index >= 15 is 0 Å². The second kappa shape index (κ2) is 7.80. The van der Waals surface area contributed by atoms with Crippen LogP contribution in [0, 0.1) is 11.8 Å². The van der Waals surface area contributed by atoms with Crippen LogP contribution in [0.25, 0.3) is 0 Å². The van der Waals surface area contributed by atoms with Crippen LogP contribution in [0.2, 0.25) is 0 Å². The van der Waals surface area contributed by atoms with Crippen LogP contribution in [0.1, 0.15) is 70.8 Å². The molecule has 0 spiro atoms. The van der Waals surface area contributed by atoms with Gasteiger partial charge in [0.2, 0.25) is 5.91 Å². The molecule has 1 aromatic rings. The van der Waals surface area contributed by atoms with Gasteiger partial charge >= 0.3 is 0 Å². The molecular formula is C22H33NO2. The smallest absolute Gasteiger partial charge is 0.222 e. The minimum Gasteiger partial charge on any atom is -0.508 e. The van der Waals surface area contributed by atoms with Crippen molar-refractivity contribution in [3.05, 3.63) is 29.8 Å². The number of benzene rings is 1. The summed E-state index contributed by atoms with van der Waals surface area (Å²) in [6, 6.07) is 7.64. The largest absolute Gasteiger partial charge is 0.508 e. The molecule has 1 saturated carbocycles. The summed E-state index contributed by atoms with van der Waals surface area (Å²) in [6.45, 7) is 6.18. The maximum Gasteiger partial charge on any atom is 0.222 e. The normalized spacial score (nSPS) is 28.1. The molecule has 2 fully saturated rings. The third kappa shape index (κ3) is 4.19. The average molecular weight is 344 g/mol. The molecule has 3 rings (SSSR count). The number of hydrogen-bond donors (Lipinski definition) is 1. The SMILES string of the molecule is C[C@H]1CN(C(=O)CCC2CCCCC2)CC[C@@]1(C)c1cccc(O)c1. The standard InChI is InChI=1S/C22H33NO2/c1-17-16-23(21(25)12-11-18-7-4-3-5-8-18)14-13-22(17,2)19-9-6-10-20(24)15-19/h6,9-10,15,17-18,24H,3-5,7-8,11-14,16H2,1-2H3/t17-,22+/m0/s1. The zero-order valence-electron chi connectivity index (χ0n) is 15.8. The van der Waals surface area contributed by atoms with Crippen molar-refractivity contribution in [3.8, 4) is 5.75 Å². The molecule has 25 heavy (non-hydrogen) atoms. The van der Waals surface area contributed by atoms with Gasteiger partial charge in [-0.05, 0) is 47.8 Å². The average Bonchev–Trinajstić information content (AvgIpc) is 2.63. The van der Waals surface area contributed by atoms with Gasteiger partial charge in [0, 0.05) is 19.5 Å². The number of aromatic hydroxyl groups is 1. The Bertz CT molecular complexity index is 593. The fourth-order valence-electron chi connectivity index (χ4n) is 4.72. The van der Waals surface area contributed by atoms with Crippen LogP contribution < -0.4 is 0 Å². The van der Waals surface area contributed by atoms with Crippen molar-refractivity contribution >= 4 is 5.91 Å². The van der Waals surface area contributed by atoms with Crippen LogP contribution in [0.5, 0.6) is 5.75 Å². The molecule has 3 heteroatoms. The zero-order valence-corrected chi connectivity index (χ0v) is 15.8. The Labute approximate surface area is 152 Å². The molecule has 1 saturated heterocycles. The van der Waals surface area contributed by atoms with Crippen molar-refractivity contribution in [1.29, 1.82) is 0 Å². The first kappa shape index (κ1) is 18.3. The van der Waals surface area contributed by atoms with Gasteiger partial charge in [-0.2, -0.15) is 0 Å². The van der Waals surface area contributed by atoms with Gasteiger partial charge in [0.15, 0.2) is 0 Å². The predicted octanol–water partition coefficient (Wildman–Crippen LogP) is 4.88. The van der Waals surface area contributed by atoms with Gasteiger partial charge in [-0.25, -0.2) is 0 Å². The third-order valence-electron chi connectivity index (χ3n) is 6.83. The quantitative estimate of drug-likeness (QED) is 0.846. The van der Waals surface area contributed by atoms with Crippen molar-refractivity contribution in [2.24, 2.45) is 11.8 Å². The van der Waals surface area contributed by atoms with Crippen molar-refractivity contribution in [3.63, 3.8) is 0 Å². The number of rotatable bonds is 4. The summed E-state index contributed by atoms with van der Waals surface area (Å²) in [4.78, 5) is 14.8. The number of piperidine rings is 1. The third-order valence-corrected chi connectivity index (χ3v) is 6.83. The second-order valence-corrected chi connectivity index (χ2v) is 8.50. The van der Waals surface area contributed by atoms with E-state index in [9.17, 15) is 9.90 Å². The summed E-state index contributed by atoms with van der Waals surface area (Å²) < 4.78 is 0. The van der Waals surface area contributed by atoms with E-state index in [0.29, 0.717) is 17.6 Å². The molecule has 1 N–H and O–H groups in total. The molecule has 0 unspecified atom stereocenters. The predicted molar refractivity (Wildman–Crippen MR) is 102 cm³/mol. The first-order valence-electron chi connectivity index (χ1n) is 10.1. The van der Waals surface area contributed by atoms with Crippen LogP contribution in [0.4, 0.5) is 0 Å². The molecule has 1 amide bonds. The van der Waals surface area contributed by atoms with Gasteiger partial charge in [-0.3, -0.25) is 4.79 Å². The maximum absolute atomic E-state index is 12.7. The summed E-state index contributed by atoms with van der Waals surface area (Å²) in [5.41, 5.74) is 1.22. The van der Waals surface area contributed by atoms with Gasteiger partial charge in [0.25, 0.3) is 0 Å². The van der Waals surface area contributed by atoms with E-state index in [-0.39, 0.29) is 5.41 Å². The highest BCUT2D eigenvalue weighted by Gasteiger charge is 2.39. The zero-order chi connectivity index (χ0) is 17.9. The number of carbonyl (C=O) groups is 1.